The van der Waals surface area contributed by atoms with Gasteiger partial charge in [-0.15, -0.1) is 0 Å². The van der Waals surface area contributed by atoms with Crippen LogP contribution in [0.1, 0.15) is 426 Å². The van der Waals surface area contributed by atoms with Crippen molar-refractivity contribution in [2.75, 3.05) is 65.7 Å². The van der Waals surface area contributed by atoms with E-state index in [2.05, 4.69) is 145 Å². The standard InChI is InChI=1S/C100H176N4O10/c1-5-9-13-17-21-25-29-33-37-41-45-49-53-57-61-79-95(105)111-89-73-69-85-103(86-70-74-90-112-96(106)80-62-58-54-50-46-42-38-34-30-26-22-18-14-10-6-2)83-67-65-77-93-99(109)102-94(100(110)101-93)78-66-68-84-104(87-71-75-91-113-97(107)81-63-59-55-51-47-43-39-35-31-27-23-19-15-11-7-3)88-72-76-92-114-98(108)82-64-60-56-52-48-44-40-36-32-28-24-20-16-12-8-4/h21-28,33-40,93-94H,5-20,29-32,41-92H2,1-4H3,(H,101,110)(H,102,109). The maximum Gasteiger partial charge on any atom is 0.305 e. The van der Waals surface area contributed by atoms with Crippen LogP contribution < -0.4 is 10.6 Å². The Balaban J connectivity index is 2.66. The van der Waals surface area contributed by atoms with E-state index in [9.17, 15) is 28.8 Å². The zero-order valence-electron chi connectivity index (χ0n) is 74.3. The predicted octanol–water partition coefficient (Wildman–Crippen LogP) is 26.5. The average molecular weight is 1590 g/mol. The molecule has 0 spiro atoms. The number of nitrogens with zero attached hydrogens (tertiary/aromatic N) is 2. The van der Waals surface area contributed by atoms with E-state index in [4.69, 9.17) is 18.9 Å². The topological polar surface area (TPSA) is 170 Å². The molecule has 2 N–H and O–H groups in total. The van der Waals surface area contributed by atoms with Gasteiger partial charge in [0.25, 0.3) is 0 Å². The van der Waals surface area contributed by atoms with Crippen LogP contribution in [0.15, 0.2) is 97.2 Å². The molecule has 656 valence electrons. The molecule has 114 heavy (non-hydrogen) atoms. The van der Waals surface area contributed by atoms with Crippen LogP contribution in [0.3, 0.4) is 0 Å². The number of hydrogen-bond acceptors (Lipinski definition) is 12. The highest BCUT2D eigenvalue weighted by Gasteiger charge is 2.33. The SMILES string of the molecule is CCCCCC=CCC=CCCCCCCCC(=O)OCCCCN(CCCCOC(=O)CCCCCCCC=CCC=CCCCCC)CCCCC1NC(=O)C(CCCCN(CCCCOC(=O)CCCCCCCC=CCC=CCCCCC)CCCCOC(=O)CCCCCCCC=CCC=CCCCCC)NC1=O. The monoisotopic (exact) mass is 1590 g/mol. The van der Waals surface area contributed by atoms with Gasteiger partial charge in [0.05, 0.1) is 26.4 Å². The third kappa shape index (κ3) is 76.6. The summed E-state index contributed by atoms with van der Waals surface area (Å²) in [5, 5.41) is 6.13. The van der Waals surface area contributed by atoms with Gasteiger partial charge in [0, 0.05) is 25.7 Å². The molecule has 14 heteroatoms. The molecule has 0 radical (unpaired) electrons. The smallest absolute Gasteiger partial charge is 0.305 e. The molecule has 1 saturated heterocycles. The maximum atomic E-state index is 13.6. The molecule has 14 nitrogen and oxygen atoms in total. The van der Waals surface area contributed by atoms with E-state index in [1.165, 1.54) is 154 Å². The van der Waals surface area contributed by atoms with Crippen LogP contribution in [0.25, 0.3) is 0 Å². The van der Waals surface area contributed by atoms with Gasteiger partial charge >= 0.3 is 23.9 Å². The lowest BCUT2D eigenvalue weighted by Crippen LogP contribution is -2.61. The van der Waals surface area contributed by atoms with E-state index in [0.717, 1.165) is 245 Å². The Morgan fingerprint density at radius 1 is 0.246 bits per heavy atom. The fourth-order valence-electron chi connectivity index (χ4n) is 14.2. The van der Waals surface area contributed by atoms with Gasteiger partial charge in [0.15, 0.2) is 0 Å². The Labute approximate surface area is 700 Å². The fourth-order valence-corrected chi connectivity index (χ4v) is 14.2. The van der Waals surface area contributed by atoms with E-state index in [1.807, 2.05) is 0 Å². The summed E-state index contributed by atoms with van der Waals surface area (Å²) >= 11 is 0. The maximum absolute atomic E-state index is 13.6. The van der Waals surface area contributed by atoms with Crippen molar-refractivity contribution in [1.82, 2.24) is 20.4 Å². The minimum atomic E-state index is -0.564. The first-order valence-corrected chi connectivity index (χ1v) is 48.0. The lowest BCUT2D eigenvalue weighted by atomic mass is 10.0. The molecule has 0 saturated carbocycles. The van der Waals surface area contributed by atoms with Crippen LogP contribution in [0.2, 0.25) is 0 Å². The molecule has 1 aliphatic rings. The molecular formula is C100H176N4O10. The molecule has 0 aliphatic carbocycles. The van der Waals surface area contributed by atoms with E-state index in [1.54, 1.807) is 0 Å². The third-order valence-corrected chi connectivity index (χ3v) is 21.6. The fraction of sp³-hybridized carbons (Fsp3) is 0.780. The lowest BCUT2D eigenvalue weighted by Gasteiger charge is -2.30. The minimum absolute atomic E-state index is 0.106. The summed E-state index contributed by atoms with van der Waals surface area (Å²) in [4.78, 5) is 82.6. The Morgan fingerprint density at radius 3 is 0.658 bits per heavy atom. The first-order chi connectivity index (χ1) is 56.1. The van der Waals surface area contributed by atoms with Gasteiger partial charge in [-0.05, 0) is 283 Å². The van der Waals surface area contributed by atoms with Crippen molar-refractivity contribution in [3.05, 3.63) is 97.2 Å². The number of amides is 2. The summed E-state index contributed by atoms with van der Waals surface area (Å²) in [6, 6.07) is -1.13. The third-order valence-electron chi connectivity index (χ3n) is 21.6. The number of allylic oxidation sites excluding steroid dienone is 16. The van der Waals surface area contributed by atoms with Crippen LogP contribution in [0.5, 0.6) is 0 Å². The number of carbonyl (C=O) groups is 6. The van der Waals surface area contributed by atoms with Crippen LogP contribution in [-0.2, 0) is 47.7 Å². The lowest BCUT2D eigenvalue weighted by molar-refractivity contribution is -0.144. The second-order valence-corrected chi connectivity index (χ2v) is 32.4. The van der Waals surface area contributed by atoms with Crippen molar-refractivity contribution >= 4 is 35.7 Å². The molecule has 0 bridgehead atoms. The quantitative estimate of drug-likeness (QED) is 0.0256. The molecule has 1 aliphatic heterocycles. The summed E-state index contributed by atoms with van der Waals surface area (Å²) in [7, 11) is 0. The van der Waals surface area contributed by atoms with E-state index in [0.29, 0.717) is 65.0 Å². The number of rotatable bonds is 86. The number of ether oxygens (including phenoxy) is 4. The normalized spacial score (nSPS) is 14.2. The molecule has 2 unspecified atom stereocenters. The van der Waals surface area contributed by atoms with E-state index < -0.39 is 12.1 Å². The zero-order chi connectivity index (χ0) is 82.2. The highest BCUT2D eigenvalue weighted by molar-refractivity contribution is 5.96. The van der Waals surface area contributed by atoms with Crippen LogP contribution >= 0.6 is 0 Å². The first kappa shape index (κ1) is 107. The second-order valence-electron chi connectivity index (χ2n) is 32.4. The number of unbranched alkanes of at least 4 members (excludes halogenated alkanes) is 38. The van der Waals surface area contributed by atoms with Gasteiger partial charge in [-0.25, -0.2) is 0 Å². The molecule has 2 atom stereocenters. The molecule has 1 heterocycles. The van der Waals surface area contributed by atoms with E-state index in [-0.39, 0.29) is 35.7 Å². The summed E-state index contributed by atoms with van der Waals surface area (Å²) in [6.07, 6.45) is 100. The largest absolute Gasteiger partial charge is 0.466 e. The number of piperazine rings is 1. The van der Waals surface area contributed by atoms with Gasteiger partial charge < -0.3 is 39.4 Å². The molecule has 0 aromatic carbocycles. The number of hydrogen-bond donors (Lipinski definition) is 2. The van der Waals surface area contributed by atoms with Crippen LogP contribution in [0, 0.1) is 0 Å². The summed E-state index contributed by atoms with van der Waals surface area (Å²) in [5.41, 5.74) is 0. The molecule has 0 aromatic rings. The Morgan fingerprint density at radius 2 is 0.439 bits per heavy atom. The molecule has 2 amide bonds. The first-order valence-electron chi connectivity index (χ1n) is 48.0. The number of carbonyl (C=O) groups excluding carboxylic acids is 6. The second kappa shape index (κ2) is 87.0. The highest BCUT2D eigenvalue weighted by atomic mass is 16.5. The van der Waals surface area contributed by atoms with Crippen molar-refractivity contribution in [2.24, 2.45) is 0 Å². The van der Waals surface area contributed by atoms with Gasteiger partial charge in [0.2, 0.25) is 11.8 Å². The van der Waals surface area contributed by atoms with Crippen LogP contribution in [0.4, 0.5) is 0 Å². The summed E-state index contributed by atoms with van der Waals surface area (Å²) in [6.45, 7) is 15.8. The van der Waals surface area contributed by atoms with Gasteiger partial charge in [0.1, 0.15) is 12.1 Å². The highest BCUT2D eigenvalue weighted by Crippen LogP contribution is 2.18. The minimum Gasteiger partial charge on any atom is -0.466 e. The molecule has 0 aromatic heterocycles. The molecule has 1 fully saturated rings. The van der Waals surface area contributed by atoms with Crippen molar-refractivity contribution in [1.29, 1.82) is 0 Å². The molecule has 1 rings (SSSR count). The zero-order valence-corrected chi connectivity index (χ0v) is 74.3. The van der Waals surface area contributed by atoms with Crippen molar-refractivity contribution in [2.45, 2.75) is 438 Å². The molecular weight excluding hydrogens is 1420 g/mol. The van der Waals surface area contributed by atoms with Crippen molar-refractivity contribution < 1.29 is 47.7 Å². The number of esters is 4. The van der Waals surface area contributed by atoms with Crippen molar-refractivity contribution in [3.8, 4) is 0 Å². The van der Waals surface area contributed by atoms with Crippen molar-refractivity contribution in [3.63, 3.8) is 0 Å². The predicted molar refractivity (Wildman–Crippen MR) is 483 cm³/mol. The Hall–Kier alpha value is -5.34. The van der Waals surface area contributed by atoms with E-state index >= 15 is 0 Å². The summed E-state index contributed by atoms with van der Waals surface area (Å²) in [5.74, 6) is -0.661. The Kier molecular flexibility index (Phi) is 81.4. The Bertz CT molecular complexity index is 2160. The number of nitrogens with one attached hydrogen (secondary N) is 2. The average Bonchev–Trinajstić information content (AvgIpc) is 0.846. The van der Waals surface area contributed by atoms with Gasteiger partial charge in [-0.3, -0.25) is 28.8 Å². The van der Waals surface area contributed by atoms with Gasteiger partial charge in [-0.1, -0.05) is 253 Å². The summed E-state index contributed by atoms with van der Waals surface area (Å²) < 4.78 is 22.7. The van der Waals surface area contributed by atoms with Crippen LogP contribution in [-0.4, -0.2) is 123 Å². The van der Waals surface area contributed by atoms with Gasteiger partial charge in [-0.2, -0.15) is 0 Å².